The fraction of sp³-hybridized carbons (Fsp3) is 0.370. The SMILES string of the molecule is C=CCN1C(=O)C2(NC(CCSCC)C3C(=O)N(c4ccc(C)cc4)C(=O)C32)c2ccccc21. The highest BCUT2D eigenvalue weighted by Gasteiger charge is 2.71. The van der Waals surface area contributed by atoms with Gasteiger partial charge in [0.2, 0.25) is 11.8 Å². The third-order valence-corrected chi connectivity index (χ3v) is 8.18. The molecule has 4 unspecified atom stereocenters. The minimum Gasteiger partial charge on any atom is -0.306 e. The number of hydrogen-bond donors (Lipinski definition) is 1. The lowest BCUT2D eigenvalue weighted by atomic mass is 9.76. The smallest absolute Gasteiger partial charge is 0.253 e. The predicted molar refractivity (Wildman–Crippen MR) is 136 cm³/mol. The van der Waals surface area contributed by atoms with Gasteiger partial charge in [-0.3, -0.25) is 19.7 Å². The lowest BCUT2D eigenvalue weighted by Crippen LogP contribution is -2.55. The molecule has 34 heavy (non-hydrogen) atoms. The van der Waals surface area contributed by atoms with Gasteiger partial charge in [-0.05, 0) is 43.0 Å². The molecule has 2 saturated heterocycles. The number of carbonyl (C=O) groups is 3. The van der Waals surface area contributed by atoms with Gasteiger partial charge in [0.1, 0.15) is 5.54 Å². The zero-order valence-corrected chi connectivity index (χ0v) is 20.3. The van der Waals surface area contributed by atoms with E-state index in [1.807, 2.05) is 55.5 Å². The monoisotopic (exact) mass is 475 g/mol. The maximum absolute atomic E-state index is 14.1. The Morgan fingerprint density at radius 1 is 1.09 bits per heavy atom. The summed E-state index contributed by atoms with van der Waals surface area (Å²) in [6, 6.07) is 14.7. The molecular weight excluding hydrogens is 446 g/mol. The summed E-state index contributed by atoms with van der Waals surface area (Å²) in [5.74, 6) is -0.258. The van der Waals surface area contributed by atoms with E-state index >= 15 is 0 Å². The summed E-state index contributed by atoms with van der Waals surface area (Å²) in [6.07, 6.45) is 2.40. The van der Waals surface area contributed by atoms with Gasteiger partial charge in [-0.25, -0.2) is 4.90 Å². The standard InChI is InChI=1S/C27H29N3O3S/c1-4-15-29-21-9-7-6-8-19(21)27(26(29)33)23-22(20(28-27)14-16-34-5-2)24(31)30(25(23)32)18-12-10-17(3)11-13-18/h4,6-13,20,22-23,28H,1,5,14-16H2,2-3H3. The average molecular weight is 476 g/mol. The quantitative estimate of drug-likeness (QED) is 0.376. The summed E-state index contributed by atoms with van der Waals surface area (Å²) < 4.78 is 0. The molecule has 3 aliphatic rings. The Bertz CT molecular complexity index is 1160. The lowest BCUT2D eigenvalue weighted by molar-refractivity contribution is -0.132. The highest BCUT2D eigenvalue weighted by molar-refractivity contribution is 7.99. The fourth-order valence-electron chi connectivity index (χ4n) is 5.81. The van der Waals surface area contributed by atoms with Crippen LogP contribution in [0.3, 0.4) is 0 Å². The maximum Gasteiger partial charge on any atom is 0.253 e. The van der Waals surface area contributed by atoms with Crippen LogP contribution in [0.5, 0.6) is 0 Å². The van der Waals surface area contributed by atoms with E-state index in [-0.39, 0.29) is 23.8 Å². The number of thioether (sulfide) groups is 1. The van der Waals surface area contributed by atoms with Gasteiger partial charge >= 0.3 is 0 Å². The van der Waals surface area contributed by atoms with Crippen molar-refractivity contribution in [3.05, 3.63) is 72.3 Å². The summed E-state index contributed by atoms with van der Waals surface area (Å²) in [7, 11) is 0. The Balaban J connectivity index is 1.64. The van der Waals surface area contributed by atoms with Gasteiger partial charge < -0.3 is 4.90 Å². The van der Waals surface area contributed by atoms with Crippen LogP contribution in [0.15, 0.2) is 61.2 Å². The van der Waals surface area contributed by atoms with Crippen LogP contribution >= 0.6 is 11.8 Å². The summed E-state index contributed by atoms with van der Waals surface area (Å²) in [6.45, 7) is 8.23. The van der Waals surface area contributed by atoms with E-state index in [0.29, 0.717) is 18.7 Å². The topological polar surface area (TPSA) is 69.7 Å². The van der Waals surface area contributed by atoms with Crippen molar-refractivity contribution in [1.82, 2.24) is 5.32 Å². The molecule has 5 rings (SSSR count). The first-order valence-electron chi connectivity index (χ1n) is 11.8. The highest BCUT2D eigenvalue weighted by Crippen LogP contribution is 2.55. The van der Waals surface area contributed by atoms with Gasteiger partial charge in [-0.15, -0.1) is 6.58 Å². The van der Waals surface area contributed by atoms with E-state index in [1.165, 1.54) is 4.90 Å². The van der Waals surface area contributed by atoms with Gasteiger partial charge in [-0.1, -0.05) is 48.9 Å². The molecule has 2 aromatic carbocycles. The van der Waals surface area contributed by atoms with Gasteiger partial charge in [-0.2, -0.15) is 11.8 Å². The number of nitrogens with zero attached hydrogens (tertiary/aromatic N) is 2. The van der Waals surface area contributed by atoms with Crippen molar-refractivity contribution < 1.29 is 14.4 Å². The van der Waals surface area contributed by atoms with Crippen LogP contribution in [0.25, 0.3) is 0 Å². The number of carbonyl (C=O) groups excluding carboxylic acids is 3. The fourth-order valence-corrected chi connectivity index (χ4v) is 6.52. The van der Waals surface area contributed by atoms with Crippen molar-refractivity contribution in [3.8, 4) is 0 Å². The number of fused-ring (bicyclic) bond motifs is 4. The van der Waals surface area contributed by atoms with Crippen molar-refractivity contribution >= 4 is 40.9 Å². The van der Waals surface area contributed by atoms with Crippen molar-refractivity contribution in [2.24, 2.45) is 11.8 Å². The molecule has 6 nitrogen and oxygen atoms in total. The van der Waals surface area contributed by atoms with E-state index in [2.05, 4.69) is 18.8 Å². The zero-order valence-electron chi connectivity index (χ0n) is 19.5. The van der Waals surface area contributed by atoms with Crippen LogP contribution in [0.4, 0.5) is 11.4 Å². The van der Waals surface area contributed by atoms with Gasteiger partial charge in [0.25, 0.3) is 5.91 Å². The van der Waals surface area contributed by atoms with E-state index in [9.17, 15) is 14.4 Å². The lowest BCUT2D eigenvalue weighted by Gasteiger charge is -2.30. The number of rotatable bonds is 7. The highest BCUT2D eigenvalue weighted by atomic mass is 32.2. The second-order valence-corrected chi connectivity index (χ2v) is 10.5. The molecule has 3 amide bonds. The van der Waals surface area contributed by atoms with Gasteiger partial charge in [0, 0.05) is 23.8 Å². The van der Waals surface area contributed by atoms with Crippen LogP contribution in [0.1, 0.15) is 24.5 Å². The largest absolute Gasteiger partial charge is 0.306 e. The molecule has 3 heterocycles. The Kier molecular flexibility index (Phi) is 5.86. The second kappa shape index (κ2) is 8.71. The number of imide groups is 1. The average Bonchev–Trinajstić information content (AvgIpc) is 3.40. The molecule has 0 aliphatic carbocycles. The van der Waals surface area contributed by atoms with Crippen LogP contribution in [0, 0.1) is 18.8 Å². The number of aryl methyl sites for hydroxylation is 1. The summed E-state index contributed by atoms with van der Waals surface area (Å²) in [4.78, 5) is 44.9. The first-order valence-corrected chi connectivity index (χ1v) is 12.9. The number of nitrogens with one attached hydrogen (secondary N) is 1. The minimum absolute atomic E-state index is 0.179. The summed E-state index contributed by atoms with van der Waals surface area (Å²) >= 11 is 1.80. The minimum atomic E-state index is -1.25. The van der Waals surface area contributed by atoms with Crippen molar-refractivity contribution in [2.75, 3.05) is 27.9 Å². The van der Waals surface area contributed by atoms with Crippen molar-refractivity contribution in [2.45, 2.75) is 31.8 Å². The molecular formula is C27H29N3O3S. The molecule has 3 aliphatic heterocycles. The van der Waals surface area contributed by atoms with Crippen LogP contribution < -0.4 is 15.1 Å². The predicted octanol–water partition coefficient (Wildman–Crippen LogP) is 3.64. The molecule has 0 radical (unpaired) electrons. The molecule has 2 fully saturated rings. The molecule has 1 N–H and O–H groups in total. The maximum atomic E-state index is 14.1. The van der Waals surface area contributed by atoms with Crippen molar-refractivity contribution in [3.63, 3.8) is 0 Å². The third-order valence-electron chi connectivity index (χ3n) is 7.25. The first-order chi connectivity index (χ1) is 16.5. The Morgan fingerprint density at radius 2 is 1.82 bits per heavy atom. The van der Waals surface area contributed by atoms with E-state index < -0.39 is 17.4 Å². The van der Waals surface area contributed by atoms with Gasteiger partial charge in [0.05, 0.1) is 17.5 Å². The first kappa shape index (κ1) is 22.9. The summed E-state index contributed by atoms with van der Waals surface area (Å²) in [5.41, 5.74) is 1.91. The molecule has 0 aromatic heterocycles. The number of benzene rings is 2. The van der Waals surface area contributed by atoms with Gasteiger partial charge in [0.15, 0.2) is 0 Å². The van der Waals surface area contributed by atoms with Crippen LogP contribution in [-0.2, 0) is 19.9 Å². The van der Waals surface area contributed by atoms with E-state index in [0.717, 1.165) is 28.3 Å². The molecule has 176 valence electrons. The number of hydrogen-bond acceptors (Lipinski definition) is 5. The Labute approximate surface area is 204 Å². The van der Waals surface area contributed by atoms with Crippen LogP contribution in [-0.4, -0.2) is 41.8 Å². The van der Waals surface area contributed by atoms with E-state index in [1.54, 1.807) is 22.7 Å². The second-order valence-electron chi connectivity index (χ2n) is 9.12. The Morgan fingerprint density at radius 3 is 2.53 bits per heavy atom. The van der Waals surface area contributed by atoms with Crippen LogP contribution in [0.2, 0.25) is 0 Å². The van der Waals surface area contributed by atoms with Crippen molar-refractivity contribution in [1.29, 1.82) is 0 Å². The summed E-state index contributed by atoms with van der Waals surface area (Å²) in [5, 5.41) is 3.56. The molecule has 1 spiro atoms. The number of amides is 3. The molecule has 4 atom stereocenters. The number of anilines is 2. The molecule has 7 heteroatoms. The Hall–Kier alpha value is -2.90. The zero-order chi connectivity index (χ0) is 24.0. The molecule has 0 bridgehead atoms. The van der Waals surface area contributed by atoms with E-state index in [4.69, 9.17) is 0 Å². The third kappa shape index (κ3) is 3.17. The molecule has 2 aromatic rings. The number of para-hydroxylation sites is 1. The molecule has 0 saturated carbocycles. The normalized spacial score (nSPS) is 27.6.